The molecule has 0 bridgehead atoms. The number of hydrogen-bond donors (Lipinski definition) is 1. The van der Waals surface area contributed by atoms with E-state index in [4.69, 9.17) is 0 Å². The summed E-state index contributed by atoms with van der Waals surface area (Å²) in [7, 11) is -4.09. The van der Waals surface area contributed by atoms with E-state index in [0.717, 1.165) is 28.7 Å². The fourth-order valence-corrected chi connectivity index (χ4v) is 5.98. The molecule has 7 nitrogen and oxygen atoms in total. The van der Waals surface area contributed by atoms with Crippen molar-refractivity contribution in [2.45, 2.75) is 77.9 Å². The number of amides is 2. The molecule has 1 N–H and O–H groups in total. The zero-order valence-electron chi connectivity index (χ0n) is 24.3. The van der Waals surface area contributed by atoms with Gasteiger partial charge < -0.3 is 10.2 Å². The molecule has 0 spiro atoms. The summed E-state index contributed by atoms with van der Waals surface area (Å²) in [5.41, 5.74) is 4.05. The summed E-state index contributed by atoms with van der Waals surface area (Å²) in [6.45, 7) is 11.2. The SMILES string of the molecule is CC[C@H](C)NC(=O)[C@H](CC)N(Cc1ccc(C)cc1)C(=O)CN(c1cccc(C)c1C)S(=O)(=O)c1ccccc1. The Bertz CT molecular complexity index is 1410. The van der Waals surface area contributed by atoms with Crippen LogP contribution in [0.25, 0.3) is 0 Å². The molecule has 3 aromatic rings. The van der Waals surface area contributed by atoms with E-state index >= 15 is 0 Å². The van der Waals surface area contributed by atoms with Gasteiger partial charge in [-0.25, -0.2) is 8.42 Å². The van der Waals surface area contributed by atoms with Crippen LogP contribution < -0.4 is 9.62 Å². The van der Waals surface area contributed by atoms with Crippen LogP contribution in [-0.4, -0.2) is 43.8 Å². The van der Waals surface area contributed by atoms with Crippen molar-refractivity contribution in [1.29, 1.82) is 0 Å². The summed E-state index contributed by atoms with van der Waals surface area (Å²) < 4.78 is 29.1. The number of sulfonamides is 1. The number of carbonyl (C=O) groups excluding carboxylic acids is 2. The summed E-state index contributed by atoms with van der Waals surface area (Å²) >= 11 is 0. The molecular weight excluding hydrogens is 522 g/mol. The predicted octanol–water partition coefficient (Wildman–Crippen LogP) is 5.53. The third-order valence-corrected chi connectivity index (χ3v) is 9.09. The van der Waals surface area contributed by atoms with Crippen molar-refractivity contribution in [3.05, 3.63) is 95.1 Å². The van der Waals surface area contributed by atoms with E-state index in [9.17, 15) is 18.0 Å². The molecule has 0 heterocycles. The highest BCUT2D eigenvalue weighted by Gasteiger charge is 2.34. The first kappa shape index (κ1) is 30.9. The molecule has 0 fully saturated rings. The fourth-order valence-electron chi connectivity index (χ4n) is 4.49. The summed E-state index contributed by atoms with van der Waals surface area (Å²) in [5.74, 6) is -0.700. The Morgan fingerprint density at radius 1 is 0.850 bits per heavy atom. The molecular formula is C32H41N3O4S. The second-order valence-corrected chi connectivity index (χ2v) is 12.2. The van der Waals surface area contributed by atoms with Crippen LogP contribution in [0.2, 0.25) is 0 Å². The van der Waals surface area contributed by atoms with Crippen molar-refractivity contribution < 1.29 is 18.0 Å². The van der Waals surface area contributed by atoms with Crippen LogP contribution in [0.4, 0.5) is 5.69 Å². The molecule has 3 aromatic carbocycles. The lowest BCUT2D eigenvalue weighted by Crippen LogP contribution is -2.53. The van der Waals surface area contributed by atoms with Crippen LogP contribution >= 0.6 is 0 Å². The van der Waals surface area contributed by atoms with Gasteiger partial charge in [0.05, 0.1) is 10.6 Å². The summed E-state index contributed by atoms with van der Waals surface area (Å²) in [6, 6.07) is 20.5. The monoisotopic (exact) mass is 563 g/mol. The van der Waals surface area contributed by atoms with Gasteiger partial charge in [-0.2, -0.15) is 0 Å². The maximum absolute atomic E-state index is 14.2. The number of nitrogens with zero attached hydrogens (tertiary/aromatic N) is 2. The summed E-state index contributed by atoms with van der Waals surface area (Å²) in [6.07, 6.45) is 1.14. The van der Waals surface area contributed by atoms with Gasteiger partial charge in [0.2, 0.25) is 11.8 Å². The smallest absolute Gasteiger partial charge is 0.264 e. The van der Waals surface area contributed by atoms with E-state index in [0.29, 0.717) is 12.1 Å². The van der Waals surface area contributed by atoms with Crippen molar-refractivity contribution in [2.75, 3.05) is 10.8 Å². The first-order valence-corrected chi connectivity index (χ1v) is 15.2. The van der Waals surface area contributed by atoms with Crippen LogP contribution in [0.5, 0.6) is 0 Å². The average molecular weight is 564 g/mol. The van der Waals surface area contributed by atoms with Gasteiger partial charge in [-0.15, -0.1) is 0 Å². The minimum absolute atomic E-state index is 0.0530. The average Bonchev–Trinajstić information content (AvgIpc) is 2.94. The highest BCUT2D eigenvalue weighted by Crippen LogP contribution is 2.29. The van der Waals surface area contributed by atoms with E-state index in [1.807, 2.05) is 71.9 Å². The van der Waals surface area contributed by atoms with E-state index in [-0.39, 0.29) is 23.4 Å². The number of benzene rings is 3. The number of aryl methyl sites for hydroxylation is 2. The lowest BCUT2D eigenvalue weighted by molar-refractivity contribution is -0.140. The Hall–Kier alpha value is -3.65. The summed E-state index contributed by atoms with van der Waals surface area (Å²) in [5, 5.41) is 3.00. The van der Waals surface area contributed by atoms with Gasteiger partial charge in [-0.1, -0.05) is 74.0 Å². The lowest BCUT2D eigenvalue weighted by Gasteiger charge is -2.34. The summed E-state index contributed by atoms with van der Waals surface area (Å²) in [4.78, 5) is 29.2. The van der Waals surface area contributed by atoms with Crippen LogP contribution in [0.15, 0.2) is 77.7 Å². The van der Waals surface area contributed by atoms with Gasteiger partial charge in [0.25, 0.3) is 10.0 Å². The van der Waals surface area contributed by atoms with Crippen molar-refractivity contribution in [3.8, 4) is 0 Å². The molecule has 40 heavy (non-hydrogen) atoms. The number of hydrogen-bond acceptors (Lipinski definition) is 4. The molecule has 0 saturated heterocycles. The molecule has 214 valence electrons. The van der Waals surface area contributed by atoms with Crippen LogP contribution in [0.1, 0.15) is 55.9 Å². The third-order valence-electron chi connectivity index (χ3n) is 7.32. The van der Waals surface area contributed by atoms with E-state index in [1.54, 1.807) is 30.3 Å². The largest absolute Gasteiger partial charge is 0.352 e. The molecule has 0 unspecified atom stereocenters. The van der Waals surface area contributed by atoms with Crippen molar-refractivity contribution in [1.82, 2.24) is 10.2 Å². The normalized spacial score (nSPS) is 12.8. The van der Waals surface area contributed by atoms with Crippen molar-refractivity contribution >= 4 is 27.5 Å². The molecule has 0 aliphatic heterocycles. The zero-order chi connectivity index (χ0) is 29.4. The van der Waals surface area contributed by atoms with Gasteiger partial charge >= 0.3 is 0 Å². The molecule has 0 radical (unpaired) electrons. The fraction of sp³-hybridized carbons (Fsp3) is 0.375. The number of nitrogens with one attached hydrogen (secondary N) is 1. The second kappa shape index (κ2) is 13.6. The second-order valence-electron chi connectivity index (χ2n) is 10.3. The predicted molar refractivity (Wildman–Crippen MR) is 161 cm³/mol. The third kappa shape index (κ3) is 7.30. The van der Waals surface area contributed by atoms with Gasteiger partial charge in [0.1, 0.15) is 12.6 Å². The minimum Gasteiger partial charge on any atom is -0.352 e. The molecule has 0 aliphatic rings. The maximum Gasteiger partial charge on any atom is 0.264 e. The topological polar surface area (TPSA) is 86.8 Å². The highest BCUT2D eigenvalue weighted by atomic mass is 32.2. The quantitative estimate of drug-likeness (QED) is 0.314. The Kier molecular flexibility index (Phi) is 10.5. The molecule has 0 aromatic heterocycles. The Balaban J connectivity index is 2.08. The minimum atomic E-state index is -4.09. The molecule has 2 amide bonds. The first-order chi connectivity index (χ1) is 19.0. The number of anilines is 1. The van der Waals surface area contributed by atoms with Crippen molar-refractivity contribution in [2.24, 2.45) is 0 Å². The molecule has 3 rings (SSSR count). The zero-order valence-corrected chi connectivity index (χ0v) is 25.2. The number of rotatable bonds is 12. The molecule has 0 aliphatic carbocycles. The molecule has 0 saturated carbocycles. The van der Waals surface area contributed by atoms with Crippen LogP contribution in [0.3, 0.4) is 0 Å². The van der Waals surface area contributed by atoms with Gasteiger partial charge in [0, 0.05) is 12.6 Å². The maximum atomic E-state index is 14.2. The first-order valence-electron chi connectivity index (χ1n) is 13.8. The van der Waals surface area contributed by atoms with Crippen LogP contribution in [0, 0.1) is 20.8 Å². The van der Waals surface area contributed by atoms with E-state index in [2.05, 4.69) is 5.32 Å². The highest BCUT2D eigenvalue weighted by molar-refractivity contribution is 7.92. The lowest BCUT2D eigenvalue weighted by atomic mass is 10.1. The number of carbonyl (C=O) groups is 2. The van der Waals surface area contributed by atoms with Gasteiger partial charge in [-0.3, -0.25) is 13.9 Å². The molecule has 2 atom stereocenters. The van der Waals surface area contributed by atoms with Crippen molar-refractivity contribution in [3.63, 3.8) is 0 Å². The standard InChI is InChI=1S/C32H41N3O4S/c1-7-25(5)33-32(37)29(8-2)34(21-27-19-17-23(3)18-20-27)31(36)22-35(30-16-12-13-24(4)26(30)6)40(38,39)28-14-10-9-11-15-28/h9-20,25,29H,7-8,21-22H2,1-6H3,(H,33,37)/t25-,29-/m0/s1. The van der Waals surface area contributed by atoms with Gasteiger partial charge in [-0.05, 0) is 75.4 Å². The van der Waals surface area contributed by atoms with Crippen LogP contribution in [-0.2, 0) is 26.2 Å². The Morgan fingerprint density at radius 3 is 2.10 bits per heavy atom. The Labute approximate surface area is 239 Å². The Morgan fingerprint density at radius 2 is 1.50 bits per heavy atom. The van der Waals surface area contributed by atoms with E-state index in [1.165, 1.54) is 21.3 Å². The van der Waals surface area contributed by atoms with E-state index < -0.39 is 28.5 Å². The molecule has 8 heteroatoms. The van der Waals surface area contributed by atoms with Gasteiger partial charge in [0.15, 0.2) is 0 Å².